The van der Waals surface area contributed by atoms with E-state index in [4.69, 9.17) is 0 Å². The lowest BCUT2D eigenvalue weighted by atomic mass is 9.98. The first-order valence-electron chi connectivity index (χ1n) is 5.75. The van der Waals surface area contributed by atoms with Crippen LogP contribution in [0.25, 0.3) is 0 Å². The van der Waals surface area contributed by atoms with E-state index in [2.05, 4.69) is 5.32 Å². The fourth-order valence-corrected chi connectivity index (χ4v) is 2.21. The molecule has 0 aliphatic heterocycles. The number of carbonyl (C=O) groups excluding carboxylic acids is 1. The van der Waals surface area contributed by atoms with Crippen LogP contribution in [0, 0.1) is 5.92 Å². The van der Waals surface area contributed by atoms with E-state index in [1.54, 1.807) is 0 Å². The zero-order valence-corrected chi connectivity index (χ0v) is 9.44. The zero-order chi connectivity index (χ0) is 11.5. The number of fused-ring (bicyclic) bond motifs is 1. The molecule has 0 aromatic heterocycles. The largest absolute Gasteiger partial charge is 0.391 e. The van der Waals surface area contributed by atoms with Crippen molar-refractivity contribution in [3.8, 4) is 0 Å². The lowest BCUT2D eigenvalue weighted by molar-refractivity contribution is 0.0711. The summed E-state index contributed by atoms with van der Waals surface area (Å²) >= 11 is 0. The number of hydrogen-bond donors (Lipinski definition) is 2. The number of Topliss-reactive ketones (excluding diaryl/α,β-unsaturated/α-hetero) is 1. The van der Waals surface area contributed by atoms with Crippen LogP contribution in [0.3, 0.4) is 0 Å². The number of aliphatic hydroxyl groups excluding tert-OH is 1. The molecule has 0 saturated carbocycles. The van der Waals surface area contributed by atoms with E-state index in [-0.39, 0.29) is 11.7 Å². The van der Waals surface area contributed by atoms with Gasteiger partial charge < -0.3 is 10.4 Å². The van der Waals surface area contributed by atoms with Gasteiger partial charge in [0.2, 0.25) is 0 Å². The van der Waals surface area contributed by atoms with Crippen molar-refractivity contribution in [3.63, 3.8) is 0 Å². The Labute approximate surface area is 95.5 Å². The summed E-state index contributed by atoms with van der Waals surface area (Å²) in [6.07, 6.45) is 0.0847. The van der Waals surface area contributed by atoms with Gasteiger partial charge in [-0.25, -0.2) is 0 Å². The molecule has 3 heteroatoms. The quantitative estimate of drug-likeness (QED) is 0.794. The second-order valence-electron chi connectivity index (χ2n) is 4.21. The van der Waals surface area contributed by atoms with Crippen molar-refractivity contribution >= 4 is 5.78 Å². The fraction of sp³-hybridized carbons (Fsp3) is 0.462. The van der Waals surface area contributed by atoms with Crippen LogP contribution in [0.5, 0.6) is 0 Å². The summed E-state index contributed by atoms with van der Waals surface area (Å²) in [6, 6.07) is 7.62. The Kier molecular flexibility index (Phi) is 3.36. The maximum atomic E-state index is 12.0. The molecule has 0 saturated heterocycles. The second kappa shape index (κ2) is 4.76. The highest BCUT2D eigenvalue weighted by molar-refractivity contribution is 6.02. The average molecular weight is 219 g/mol. The van der Waals surface area contributed by atoms with Crippen molar-refractivity contribution in [2.24, 2.45) is 5.92 Å². The molecule has 3 nitrogen and oxygen atoms in total. The second-order valence-corrected chi connectivity index (χ2v) is 4.21. The summed E-state index contributed by atoms with van der Waals surface area (Å²) in [5.41, 5.74) is 1.84. The van der Waals surface area contributed by atoms with Crippen LogP contribution in [0.1, 0.15) is 22.8 Å². The molecule has 0 radical (unpaired) electrons. The Morgan fingerprint density at radius 3 is 2.94 bits per heavy atom. The van der Waals surface area contributed by atoms with Crippen LogP contribution in [0.15, 0.2) is 24.3 Å². The number of rotatable bonds is 4. The van der Waals surface area contributed by atoms with Gasteiger partial charge in [-0.3, -0.25) is 4.79 Å². The smallest absolute Gasteiger partial charge is 0.169 e. The van der Waals surface area contributed by atoms with E-state index in [0.29, 0.717) is 13.0 Å². The third-order valence-electron chi connectivity index (χ3n) is 3.13. The first-order valence-corrected chi connectivity index (χ1v) is 5.75. The lowest BCUT2D eigenvalue weighted by Gasteiger charge is -2.16. The summed E-state index contributed by atoms with van der Waals surface area (Å²) in [5.74, 6) is -0.183. The molecule has 16 heavy (non-hydrogen) atoms. The van der Waals surface area contributed by atoms with E-state index in [1.165, 1.54) is 0 Å². The van der Waals surface area contributed by atoms with Gasteiger partial charge in [0, 0.05) is 12.1 Å². The molecule has 1 aromatic carbocycles. The maximum Gasteiger partial charge on any atom is 0.169 e. The first kappa shape index (κ1) is 11.3. The molecule has 2 unspecified atom stereocenters. The number of nitrogens with one attached hydrogen (secondary N) is 1. The molecule has 2 atom stereocenters. The van der Waals surface area contributed by atoms with E-state index in [1.807, 2.05) is 31.2 Å². The third-order valence-corrected chi connectivity index (χ3v) is 3.13. The Balaban J connectivity index is 2.09. The van der Waals surface area contributed by atoms with Gasteiger partial charge in [0.15, 0.2) is 5.78 Å². The molecular formula is C13H17NO2. The van der Waals surface area contributed by atoms with Crippen LogP contribution in [-0.2, 0) is 6.42 Å². The lowest BCUT2D eigenvalue weighted by Crippen LogP contribution is -2.35. The zero-order valence-electron chi connectivity index (χ0n) is 9.44. The molecule has 0 bridgehead atoms. The van der Waals surface area contributed by atoms with Crippen molar-refractivity contribution < 1.29 is 9.90 Å². The van der Waals surface area contributed by atoms with E-state index < -0.39 is 6.10 Å². The summed E-state index contributed by atoms with van der Waals surface area (Å²) in [7, 11) is 0. The fourth-order valence-electron chi connectivity index (χ4n) is 2.21. The average Bonchev–Trinajstić information content (AvgIpc) is 2.64. The highest BCUT2D eigenvalue weighted by Gasteiger charge is 2.34. The number of hydrogen-bond acceptors (Lipinski definition) is 3. The van der Waals surface area contributed by atoms with Crippen molar-refractivity contribution in [3.05, 3.63) is 35.4 Å². The predicted molar refractivity (Wildman–Crippen MR) is 62.5 cm³/mol. The first-order chi connectivity index (χ1) is 7.74. The molecule has 1 aliphatic carbocycles. The molecule has 2 rings (SSSR count). The van der Waals surface area contributed by atoms with Gasteiger partial charge >= 0.3 is 0 Å². The molecule has 1 aromatic rings. The van der Waals surface area contributed by atoms with Gasteiger partial charge in [-0.1, -0.05) is 31.2 Å². The van der Waals surface area contributed by atoms with Gasteiger partial charge in [0.1, 0.15) is 0 Å². The maximum absolute atomic E-state index is 12.0. The SMILES string of the molecule is CCNCC(O)C1Cc2ccccc2C1=O. The standard InChI is InChI=1S/C13H17NO2/c1-2-14-8-12(15)11-7-9-5-3-4-6-10(9)13(11)16/h3-6,11-12,14-15H,2,7-8H2,1H3. The van der Waals surface area contributed by atoms with Crippen LogP contribution in [0.4, 0.5) is 0 Å². The van der Waals surface area contributed by atoms with Gasteiger partial charge in [0.25, 0.3) is 0 Å². The molecule has 1 aliphatic rings. The summed E-state index contributed by atoms with van der Waals surface area (Å²) in [6.45, 7) is 3.28. The van der Waals surface area contributed by atoms with Gasteiger partial charge in [-0.15, -0.1) is 0 Å². The Morgan fingerprint density at radius 1 is 1.50 bits per heavy atom. The van der Waals surface area contributed by atoms with Crippen LogP contribution in [0.2, 0.25) is 0 Å². The number of ketones is 1. The van der Waals surface area contributed by atoms with Crippen molar-refractivity contribution in [2.45, 2.75) is 19.4 Å². The van der Waals surface area contributed by atoms with E-state index in [9.17, 15) is 9.90 Å². The highest BCUT2D eigenvalue weighted by atomic mass is 16.3. The van der Waals surface area contributed by atoms with Crippen LogP contribution >= 0.6 is 0 Å². The third kappa shape index (κ3) is 2.01. The molecule has 2 N–H and O–H groups in total. The molecule has 0 amide bonds. The molecule has 0 heterocycles. The minimum Gasteiger partial charge on any atom is -0.391 e. The van der Waals surface area contributed by atoms with Crippen molar-refractivity contribution in [2.75, 3.05) is 13.1 Å². The number of carbonyl (C=O) groups is 1. The topological polar surface area (TPSA) is 49.3 Å². The van der Waals surface area contributed by atoms with E-state index in [0.717, 1.165) is 17.7 Å². The van der Waals surface area contributed by atoms with Crippen LogP contribution in [-0.4, -0.2) is 30.1 Å². The highest BCUT2D eigenvalue weighted by Crippen LogP contribution is 2.28. The molecule has 0 fully saturated rings. The van der Waals surface area contributed by atoms with Gasteiger partial charge in [-0.05, 0) is 18.5 Å². The Hall–Kier alpha value is -1.19. The van der Waals surface area contributed by atoms with E-state index >= 15 is 0 Å². The van der Waals surface area contributed by atoms with Gasteiger partial charge in [-0.2, -0.15) is 0 Å². The van der Waals surface area contributed by atoms with Gasteiger partial charge in [0.05, 0.1) is 12.0 Å². The van der Waals surface area contributed by atoms with Crippen molar-refractivity contribution in [1.29, 1.82) is 0 Å². The number of aliphatic hydroxyl groups is 1. The minimum absolute atomic E-state index is 0.0843. The molecular weight excluding hydrogens is 202 g/mol. The summed E-state index contributed by atoms with van der Waals surface area (Å²) in [4.78, 5) is 12.0. The van der Waals surface area contributed by atoms with Crippen LogP contribution < -0.4 is 5.32 Å². The molecule has 86 valence electrons. The van der Waals surface area contributed by atoms with Crippen molar-refractivity contribution in [1.82, 2.24) is 5.32 Å². The summed E-state index contributed by atoms with van der Waals surface area (Å²) in [5, 5.41) is 13.0. The Bertz CT molecular complexity index is 389. The number of benzene rings is 1. The Morgan fingerprint density at radius 2 is 2.25 bits per heavy atom. The summed E-state index contributed by atoms with van der Waals surface area (Å²) < 4.78 is 0. The normalized spacial score (nSPS) is 20.9. The number of likely N-dealkylation sites (N-methyl/N-ethyl adjacent to an activating group) is 1. The minimum atomic E-state index is -0.583. The monoisotopic (exact) mass is 219 g/mol. The predicted octanol–water partition coefficient (Wildman–Crippen LogP) is 1.01. The molecule has 0 spiro atoms.